The van der Waals surface area contributed by atoms with Crippen LogP contribution in [0.1, 0.15) is 55.9 Å². The summed E-state index contributed by atoms with van der Waals surface area (Å²) in [6.45, 7) is 7.88. The van der Waals surface area contributed by atoms with Crippen LogP contribution in [0.3, 0.4) is 0 Å². The minimum Gasteiger partial charge on any atom is -0.508 e. The molecule has 1 saturated heterocycles. The maximum Gasteiger partial charge on any atom is 0.215 e. The molecule has 0 amide bonds. The Morgan fingerprint density at radius 3 is 2.07 bits per heavy atom. The van der Waals surface area contributed by atoms with Crippen LogP contribution in [0.25, 0.3) is 21.8 Å². The fourth-order valence-electron chi connectivity index (χ4n) is 5.77. The highest BCUT2D eigenvalue weighted by molar-refractivity contribution is 6.51. The lowest BCUT2D eigenvalue weighted by molar-refractivity contribution is 0.103. The topological polar surface area (TPSA) is 104 Å². The molecular formula is C34H31N3O4. The van der Waals surface area contributed by atoms with Crippen LogP contribution in [-0.4, -0.2) is 45.2 Å². The lowest BCUT2D eigenvalue weighted by Gasteiger charge is -2.34. The first-order valence-electron chi connectivity index (χ1n) is 13.7. The second-order valence-electron chi connectivity index (χ2n) is 11.0. The van der Waals surface area contributed by atoms with Crippen LogP contribution in [0.2, 0.25) is 0 Å². The Balaban J connectivity index is 1.51. The highest BCUT2D eigenvalue weighted by Gasteiger charge is 2.28. The Bertz CT molecular complexity index is 1860. The van der Waals surface area contributed by atoms with Crippen molar-refractivity contribution in [2.75, 3.05) is 13.1 Å². The fraction of sp³-hybridized carbons (Fsp3) is 0.206. The second-order valence-corrected chi connectivity index (χ2v) is 11.0. The lowest BCUT2D eigenvalue weighted by Crippen LogP contribution is -2.45. The Kier molecular flexibility index (Phi) is 6.67. The molecule has 1 aromatic heterocycles. The van der Waals surface area contributed by atoms with Crippen molar-refractivity contribution in [3.8, 4) is 5.75 Å². The minimum absolute atomic E-state index is 0.00797. The molecule has 4 aromatic carbocycles. The van der Waals surface area contributed by atoms with Gasteiger partial charge in [-0.15, -0.1) is 0 Å². The molecule has 6 rings (SSSR count). The van der Waals surface area contributed by atoms with Crippen molar-refractivity contribution < 1.29 is 19.9 Å². The van der Waals surface area contributed by atoms with Crippen LogP contribution in [0.5, 0.6) is 5.75 Å². The maximum atomic E-state index is 13.7. The van der Waals surface area contributed by atoms with Gasteiger partial charge in [-0.2, -0.15) is 0 Å². The predicted octanol–water partition coefficient (Wildman–Crippen LogP) is 6.19. The number of rotatable bonds is 7. The summed E-state index contributed by atoms with van der Waals surface area (Å²) >= 11 is 0. The van der Waals surface area contributed by atoms with Gasteiger partial charge in [0.25, 0.3) is 0 Å². The quantitative estimate of drug-likeness (QED) is 0.0979. The average molecular weight is 546 g/mol. The largest absolute Gasteiger partial charge is 0.508 e. The van der Waals surface area contributed by atoms with Gasteiger partial charge in [-0.25, -0.2) is 0 Å². The van der Waals surface area contributed by atoms with Gasteiger partial charge < -0.3 is 20.2 Å². The summed E-state index contributed by atoms with van der Waals surface area (Å²) in [6, 6.07) is 23.4. The van der Waals surface area contributed by atoms with Gasteiger partial charge in [-0.05, 0) is 93.1 Å². The number of phenolic OH excluding ortho intramolecular Hbond substituents is 1. The number of carbonyl (C=O) groups excluding carboxylic acids is 2. The maximum absolute atomic E-state index is 13.7. The van der Waals surface area contributed by atoms with Crippen LogP contribution in [0, 0.1) is 19.8 Å². The van der Waals surface area contributed by atoms with E-state index in [0.29, 0.717) is 28.2 Å². The van der Waals surface area contributed by atoms with E-state index >= 15 is 0 Å². The van der Waals surface area contributed by atoms with Gasteiger partial charge in [-0.1, -0.05) is 22.9 Å². The van der Waals surface area contributed by atoms with Crippen molar-refractivity contribution in [2.24, 2.45) is 11.1 Å². The molecule has 0 radical (unpaired) electrons. The molecule has 0 spiro atoms. The van der Waals surface area contributed by atoms with E-state index in [4.69, 9.17) is 0 Å². The third kappa shape index (κ3) is 4.58. The number of aromatic nitrogens is 1. The molecule has 7 heteroatoms. The third-order valence-corrected chi connectivity index (χ3v) is 8.32. The van der Waals surface area contributed by atoms with Gasteiger partial charge >= 0.3 is 0 Å². The predicted molar refractivity (Wildman–Crippen MR) is 161 cm³/mol. The first-order valence-corrected chi connectivity index (χ1v) is 13.7. The molecule has 206 valence electrons. The number of aromatic hydroxyl groups is 1. The molecule has 1 aliphatic rings. The highest BCUT2D eigenvalue weighted by Crippen LogP contribution is 2.37. The zero-order chi connectivity index (χ0) is 28.8. The summed E-state index contributed by atoms with van der Waals surface area (Å²) in [7, 11) is 0. The van der Waals surface area contributed by atoms with Gasteiger partial charge in [0.15, 0.2) is 11.5 Å². The summed E-state index contributed by atoms with van der Waals surface area (Å²) in [4.78, 5) is 27.1. The molecule has 1 atom stereocenters. The molecule has 0 aliphatic carbocycles. The molecule has 1 unspecified atom stereocenters. The molecule has 7 nitrogen and oxygen atoms in total. The standard InChI is InChI=1S/C34H31N3O4/c1-19-4-5-20(2)27(14-19)32(36-41)34(40)24-9-13-31-29(16-24)28-15-23(33(39)22-6-10-26(38)11-7-22)8-12-30(28)37(31)21(3)25-17-35-18-25/h4-16,21,25,35,38,41H,17-18H2,1-3H3/b36-32+. The van der Waals surface area contributed by atoms with E-state index in [9.17, 15) is 19.9 Å². The van der Waals surface area contributed by atoms with Crippen LogP contribution in [0.15, 0.2) is 84.0 Å². The Labute approximate surface area is 237 Å². The van der Waals surface area contributed by atoms with Gasteiger partial charge in [0.1, 0.15) is 5.75 Å². The molecule has 1 aliphatic heterocycles. The summed E-state index contributed by atoms with van der Waals surface area (Å²) in [5.74, 6) is 0.0340. The lowest BCUT2D eigenvalue weighted by atomic mass is 9.94. The number of oxime groups is 1. The zero-order valence-corrected chi connectivity index (χ0v) is 23.2. The monoisotopic (exact) mass is 545 g/mol. The van der Waals surface area contributed by atoms with E-state index in [1.165, 1.54) is 12.1 Å². The number of nitrogens with zero attached hydrogens (tertiary/aromatic N) is 2. The number of fused-ring (bicyclic) bond motifs is 3. The molecule has 41 heavy (non-hydrogen) atoms. The van der Waals surface area contributed by atoms with Crippen LogP contribution in [0.4, 0.5) is 0 Å². The minimum atomic E-state index is -0.378. The summed E-state index contributed by atoms with van der Waals surface area (Å²) in [5, 5.41) is 28.1. The van der Waals surface area contributed by atoms with E-state index < -0.39 is 0 Å². The number of hydrogen-bond donors (Lipinski definition) is 3. The zero-order valence-electron chi connectivity index (χ0n) is 23.2. The number of aryl methyl sites for hydroxylation is 2. The smallest absolute Gasteiger partial charge is 0.215 e. The van der Waals surface area contributed by atoms with Crippen molar-refractivity contribution in [1.82, 2.24) is 9.88 Å². The van der Waals surface area contributed by atoms with Gasteiger partial charge in [-0.3, -0.25) is 9.59 Å². The summed E-state index contributed by atoms with van der Waals surface area (Å²) in [5.41, 5.74) is 5.74. The molecule has 2 heterocycles. The number of Topliss-reactive ketones (excluding diaryl/α,β-unsaturated/α-hetero) is 1. The first-order chi connectivity index (χ1) is 19.8. The van der Waals surface area contributed by atoms with Crippen molar-refractivity contribution in [3.63, 3.8) is 0 Å². The number of phenols is 1. The van der Waals surface area contributed by atoms with Crippen molar-refractivity contribution >= 4 is 39.1 Å². The molecule has 0 saturated carbocycles. The Morgan fingerprint density at radius 1 is 0.854 bits per heavy atom. The van der Waals surface area contributed by atoms with Gasteiger partial charge in [0, 0.05) is 69.1 Å². The number of carbonyl (C=O) groups is 2. The molecule has 0 bridgehead atoms. The van der Waals surface area contributed by atoms with E-state index in [-0.39, 0.29) is 29.1 Å². The first kappa shape index (κ1) is 26.5. The second kappa shape index (κ2) is 10.3. The summed E-state index contributed by atoms with van der Waals surface area (Å²) < 4.78 is 2.30. The normalized spacial score (nSPS) is 14.8. The van der Waals surface area contributed by atoms with E-state index in [1.54, 1.807) is 18.2 Å². The van der Waals surface area contributed by atoms with E-state index in [1.807, 2.05) is 62.4 Å². The molecule has 1 fully saturated rings. The van der Waals surface area contributed by atoms with Gasteiger partial charge in [0.05, 0.1) is 0 Å². The van der Waals surface area contributed by atoms with Gasteiger partial charge in [0.2, 0.25) is 5.78 Å². The molecular weight excluding hydrogens is 514 g/mol. The third-order valence-electron chi connectivity index (χ3n) is 8.32. The molecule has 3 N–H and O–H groups in total. The number of benzene rings is 4. The van der Waals surface area contributed by atoms with E-state index in [2.05, 4.69) is 22.0 Å². The van der Waals surface area contributed by atoms with Crippen molar-refractivity contribution in [2.45, 2.75) is 26.8 Å². The van der Waals surface area contributed by atoms with Crippen molar-refractivity contribution in [3.05, 3.63) is 112 Å². The number of hydrogen-bond acceptors (Lipinski definition) is 6. The van der Waals surface area contributed by atoms with Crippen LogP contribution in [-0.2, 0) is 0 Å². The Hall–Kier alpha value is -4.75. The van der Waals surface area contributed by atoms with E-state index in [0.717, 1.165) is 46.0 Å². The number of ketones is 2. The SMILES string of the molecule is Cc1ccc(C)c(/C(=N\O)C(=O)c2ccc3c(c2)c2cc(C(=O)c4ccc(O)cc4)ccc2n3C(C)C2CNC2)c1. The van der Waals surface area contributed by atoms with Crippen LogP contribution >= 0.6 is 0 Å². The molecule has 5 aromatic rings. The highest BCUT2D eigenvalue weighted by atomic mass is 16.4. The number of nitrogens with one attached hydrogen (secondary N) is 1. The Morgan fingerprint density at radius 2 is 1.46 bits per heavy atom. The van der Waals surface area contributed by atoms with Crippen molar-refractivity contribution in [1.29, 1.82) is 0 Å². The fourth-order valence-corrected chi connectivity index (χ4v) is 5.77. The average Bonchev–Trinajstić information content (AvgIpc) is 3.27. The summed E-state index contributed by atoms with van der Waals surface area (Å²) in [6.07, 6.45) is 0. The van der Waals surface area contributed by atoms with Crippen LogP contribution < -0.4 is 5.32 Å².